The number of fused-ring (bicyclic) bond motifs is 3. The molecule has 1 aliphatic heterocycles. The number of allylic oxidation sites excluding steroid dienone is 2. The number of rotatable bonds is 2. The van der Waals surface area contributed by atoms with Crippen LogP contribution in [0.5, 0.6) is 0 Å². The summed E-state index contributed by atoms with van der Waals surface area (Å²) < 4.78 is 2.32. The van der Waals surface area contributed by atoms with Crippen LogP contribution in [-0.2, 0) is 0 Å². The standard InChI is InChI=1S/C18H23NSi/c1-5-18(20(2,3)4)11-10-16-14-15-8-6-7-9-17(15)19(16)13-12-18/h6-14H,5H2,1-4H3. The molecule has 0 bridgehead atoms. The molecule has 1 aromatic heterocycles. The van der Waals surface area contributed by atoms with Crippen LogP contribution < -0.4 is 0 Å². The first kappa shape index (κ1) is 13.4. The molecule has 1 aromatic carbocycles. The molecule has 2 heterocycles. The topological polar surface area (TPSA) is 4.93 Å². The van der Waals surface area contributed by atoms with Gasteiger partial charge in [0.15, 0.2) is 0 Å². The summed E-state index contributed by atoms with van der Waals surface area (Å²) in [6.45, 7) is 9.70. The van der Waals surface area contributed by atoms with Crippen LogP contribution in [-0.4, -0.2) is 12.6 Å². The van der Waals surface area contributed by atoms with Crippen molar-refractivity contribution < 1.29 is 0 Å². The van der Waals surface area contributed by atoms with E-state index in [1.165, 1.54) is 23.0 Å². The summed E-state index contributed by atoms with van der Waals surface area (Å²) in [5.41, 5.74) is 2.59. The molecule has 0 amide bonds. The maximum Gasteiger partial charge on any atom is 0.0597 e. The Morgan fingerprint density at radius 1 is 1.10 bits per heavy atom. The van der Waals surface area contributed by atoms with Crippen molar-refractivity contribution in [1.82, 2.24) is 4.57 Å². The molecule has 0 N–H and O–H groups in total. The van der Waals surface area contributed by atoms with E-state index in [1.54, 1.807) is 0 Å². The minimum Gasteiger partial charge on any atom is -0.317 e. The summed E-state index contributed by atoms with van der Waals surface area (Å²) in [4.78, 5) is 0. The summed E-state index contributed by atoms with van der Waals surface area (Å²) in [5.74, 6) is 0. The highest BCUT2D eigenvalue weighted by atomic mass is 28.3. The number of nitrogens with zero attached hydrogens (tertiary/aromatic N) is 1. The first-order chi connectivity index (χ1) is 9.47. The van der Waals surface area contributed by atoms with E-state index in [4.69, 9.17) is 0 Å². The Morgan fingerprint density at radius 2 is 1.85 bits per heavy atom. The molecule has 2 aromatic rings. The van der Waals surface area contributed by atoms with Gasteiger partial charge in [-0.05, 0) is 24.6 Å². The molecular weight excluding hydrogens is 258 g/mol. The summed E-state index contributed by atoms with van der Waals surface area (Å²) in [7, 11) is -1.31. The fourth-order valence-corrected chi connectivity index (χ4v) is 5.47. The van der Waals surface area contributed by atoms with Crippen LogP contribution in [0.1, 0.15) is 19.0 Å². The van der Waals surface area contributed by atoms with Gasteiger partial charge < -0.3 is 4.57 Å². The van der Waals surface area contributed by atoms with Gasteiger partial charge in [-0.3, -0.25) is 0 Å². The van der Waals surface area contributed by atoms with Crippen LogP contribution in [0.15, 0.2) is 42.5 Å². The van der Waals surface area contributed by atoms with Crippen LogP contribution in [0, 0.1) is 0 Å². The van der Waals surface area contributed by atoms with Crippen molar-refractivity contribution in [1.29, 1.82) is 0 Å². The minimum atomic E-state index is -1.31. The molecule has 0 saturated carbocycles. The number of hydrogen-bond acceptors (Lipinski definition) is 0. The van der Waals surface area contributed by atoms with E-state index in [0.717, 1.165) is 0 Å². The third-order valence-electron chi connectivity index (χ3n) is 4.83. The maximum absolute atomic E-state index is 2.46. The molecule has 20 heavy (non-hydrogen) atoms. The number of aromatic nitrogens is 1. The van der Waals surface area contributed by atoms with Crippen molar-refractivity contribution in [3.8, 4) is 0 Å². The number of benzene rings is 1. The highest BCUT2D eigenvalue weighted by Gasteiger charge is 2.38. The third-order valence-corrected chi connectivity index (χ3v) is 8.31. The van der Waals surface area contributed by atoms with E-state index >= 15 is 0 Å². The Balaban J connectivity index is 2.18. The van der Waals surface area contributed by atoms with Crippen molar-refractivity contribution in [2.45, 2.75) is 38.0 Å². The predicted molar refractivity (Wildman–Crippen MR) is 92.6 cm³/mol. The lowest BCUT2D eigenvalue weighted by Gasteiger charge is -2.38. The molecule has 1 atom stereocenters. The molecule has 2 heteroatoms. The molecule has 3 rings (SSSR count). The van der Waals surface area contributed by atoms with Crippen LogP contribution in [0.3, 0.4) is 0 Å². The summed E-state index contributed by atoms with van der Waals surface area (Å²) in [5, 5.41) is 1.57. The summed E-state index contributed by atoms with van der Waals surface area (Å²) in [6.07, 6.45) is 10.7. The highest BCUT2D eigenvalue weighted by molar-refractivity contribution is 6.80. The molecule has 1 unspecified atom stereocenters. The van der Waals surface area contributed by atoms with E-state index in [0.29, 0.717) is 0 Å². The van der Waals surface area contributed by atoms with E-state index in [9.17, 15) is 0 Å². The van der Waals surface area contributed by atoms with Gasteiger partial charge in [0.05, 0.1) is 13.6 Å². The molecule has 0 fully saturated rings. The van der Waals surface area contributed by atoms with Gasteiger partial charge in [-0.15, -0.1) is 0 Å². The largest absolute Gasteiger partial charge is 0.317 e. The zero-order chi connectivity index (χ0) is 14.4. The quantitative estimate of drug-likeness (QED) is 0.629. The Kier molecular flexibility index (Phi) is 3.02. The maximum atomic E-state index is 2.46. The third kappa shape index (κ3) is 1.90. The van der Waals surface area contributed by atoms with Gasteiger partial charge in [-0.25, -0.2) is 0 Å². The fourth-order valence-electron chi connectivity index (χ4n) is 3.25. The molecule has 0 aliphatic carbocycles. The minimum absolute atomic E-state index is 0.257. The molecule has 1 aliphatic rings. The van der Waals surface area contributed by atoms with E-state index in [1.807, 2.05) is 0 Å². The Morgan fingerprint density at radius 3 is 2.55 bits per heavy atom. The van der Waals surface area contributed by atoms with Crippen molar-refractivity contribution in [2.75, 3.05) is 0 Å². The second kappa shape index (κ2) is 4.49. The smallest absolute Gasteiger partial charge is 0.0597 e. The van der Waals surface area contributed by atoms with Crippen LogP contribution in [0.2, 0.25) is 24.7 Å². The number of para-hydroxylation sites is 1. The second-order valence-corrected chi connectivity index (χ2v) is 12.2. The lowest BCUT2D eigenvalue weighted by atomic mass is 10.0. The van der Waals surface area contributed by atoms with Gasteiger partial charge in [0.25, 0.3) is 0 Å². The van der Waals surface area contributed by atoms with E-state index in [-0.39, 0.29) is 5.04 Å². The Bertz CT molecular complexity index is 700. The average Bonchev–Trinajstić information content (AvgIpc) is 2.64. The van der Waals surface area contributed by atoms with Gasteiger partial charge in [0.1, 0.15) is 0 Å². The normalized spacial score (nSPS) is 22.0. The average molecular weight is 281 g/mol. The van der Waals surface area contributed by atoms with Crippen LogP contribution in [0.4, 0.5) is 0 Å². The van der Waals surface area contributed by atoms with Gasteiger partial charge in [0, 0.05) is 22.3 Å². The molecule has 0 spiro atoms. The number of hydrogen-bond donors (Lipinski definition) is 0. The van der Waals surface area contributed by atoms with Crippen molar-refractivity contribution >= 4 is 31.3 Å². The van der Waals surface area contributed by atoms with Gasteiger partial charge in [0.2, 0.25) is 0 Å². The van der Waals surface area contributed by atoms with Crippen LogP contribution in [0.25, 0.3) is 23.2 Å². The van der Waals surface area contributed by atoms with E-state index < -0.39 is 8.07 Å². The van der Waals surface area contributed by atoms with E-state index in [2.05, 4.69) is 85.9 Å². The first-order valence-corrected chi connectivity index (χ1v) is 11.0. The highest BCUT2D eigenvalue weighted by Crippen LogP contribution is 2.46. The predicted octanol–water partition coefficient (Wildman–Crippen LogP) is 5.63. The second-order valence-electron chi connectivity index (χ2n) is 6.79. The molecule has 104 valence electrons. The van der Waals surface area contributed by atoms with Gasteiger partial charge in [-0.2, -0.15) is 0 Å². The SMILES string of the molecule is CCC1([Si](C)(C)C)C=Cc2cc3ccccc3n2C=C1. The van der Waals surface area contributed by atoms with Crippen molar-refractivity contribution in [3.05, 3.63) is 48.2 Å². The van der Waals surface area contributed by atoms with Gasteiger partial charge in [-0.1, -0.05) is 56.9 Å². The first-order valence-electron chi connectivity index (χ1n) is 7.45. The monoisotopic (exact) mass is 281 g/mol. The Hall–Kier alpha value is -1.54. The Labute approximate surface area is 122 Å². The van der Waals surface area contributed by atoms with Gasteiger partial charge >= 0.3 is 0 Å². The zero-order valence-electron chi connectivity index (χ0n) is 12.9. The summed E-state index contributed by atoms with van der Waals surface area (Å²) in [6, 6.07) is 10.9. The molecule has 0 radical (unpaired) electrons. The van der Waals surface area contributed by atoms with Crippen molar-refractivity contribution in [3.63, 3.8) is 0 Å². The lowest BCUT2D eigenvalue weighted by molar-refractivity contribution is 0.767. The molecule has 0 saturated heterocycles. The molecule has 1 nitrogen and oxygen atoms in total. The van der Waals surface area contributed by atoms with Crippen LogP contribution >= 0.6 is 0 Å². The molecular formula is C18H23NSi. The van der Waals surface area contributed by atoms with Crippen molar-refractivity contribution in [2.24, 2.45) is 0 Å². The zero-order valence-corrected chi connectivity index (χ0v) is 13.9. The summed E-state index contributed by atoms with van der Waals surface area (Å²) >= 11 is 0. The lowest BCUT2D eigenvalue weighted by Crippen LogP contribution is -2.36. The fraction of sp³-hybridized carbons (Fsp3) is 0.333.